The highest BCUT2D eigenvalue weighted by Crippen LogP contribution is 2.42. The Morgan fingerprint density at radius 3 is 2.87 bits per heavy atom. The minimum absolute atomic E-state index is 0.0570. The van der Waals surface area contributed by atoms with E-state index in [2.05, 4.69) is 24.8 Å². The summed E-state index contributed by atoms with van der Waals surface area (Å²) in [6.45, 7) is 10.1. The summed E-state index contributed by atoms with van der Waals surface area (Å²) >= 11 is 2.83. The molecular formula is C23H24N2O3S2. The number of hydrogen-bond donors (Lipinski definition) is 0. The number of carbonyl (C=O) groups is 1. The Morgan fingerprint density at radius 2 is 2.13 bits per heavy atom. The van der Waals surface area contributed by atoms with Gasteiger partial charge in [0.2, 0.25) is 0 Å². The van der Waals surface area contributed by atoms with Gasteiger partial charge in [0.05, 0.1) is 12.0 Å². The van der Waals surface area contributed by atoms with Crippen molar-refractivity contribution in [3.63, 3.8) is 0 Å². The lowest BCUT2D eigenvalue weighted by molar-refractivity contribution is -0.142. The average Bonchev–Trinajstić information content (AvgIpc) is 3.09. The Morgan fingerprint density at radius 1 is 1.37 bits per heavy atom. The minimum atomic E-state index is -0.457. The van der Waals surface area contributed by atoms with Crippen LogP contribution in [-0.4, -0.2) is 27.4 Å². The maximum absolute atomic E-state index is 13.6. The normalized spacial score (nSPS) is 13.6. The second-order valence-corrected chi connectivity index (χ2v) is 9.81. The standard InChI is InChI=1S/C23H24N2O3S2/c1-5-28-22(27)14(4)29-23-24-20-18(21(26)25(23)12-13(2)3)17-11-10-15-8-6-7-9-16(15)19(17)30-20/h6-9,14H,2,5,10-12H2,1,3-4H3/t14-/m1/s1. The molecule has 1 aliphatic carbocycles. The number of esters is 1. The van der Waals surface area contributed by atoms with Crippen LogP contribution in [0.2, 0.25) is 0 Å². The zero-order chi connectivity index (χ0) is 21.4. The van der Waals surface area contributed by atoms with Crippen molar-refractivity contribution in [1.29, 1.82) is 0 Å². The van der Waals surface area contributed by atoms with Crippen LogP contribution in [0.5, 0.6) is 0 Å². The molecule has 0 fully saturated rings. The van der Waals surface area contributed by atoms with Gasteiger partial charge in [0.1, 0.15) is 10.1 Å². The molecule has 2 heterocycles. The fourth-order valence-corrected chi connectivity index (χ4v) is 5.99. The third-order valence-electron chi connectivity index (χ3n) is 5.11. The summed E-state index contributed by atoms with van der Waals surface area (Å²) in [5.41, 5.74) is 4.40. The third-order valence-corrected chi connectivity index (χ3v) is 7.34. The van der Waals surface area contributed by atoms with Gasteiger partial charge < -0.3 is 4.74 Å². The maximum atomic E-state index is 13.6. The number of aryl methyl sites for hydroxylation is 2. The Hall–Kier alpha value is -2.38. The molecule has 0 bridgehead atoms. The van der Waals surface area contributed by atoms with Gasteiger partial charge in [-0.15, -0.1) is 11.3 Å². The van der Waals surface area contributed by atoms with Crippen LogP contribution in [0.3, 0.4) is 0 Å². The van der Waals surface area contributed by atoms with Crippen molar-refractivity contribution < 1.29 is 9.53 Å². The number of allylic oxidation sites excluding steroid dienone is 1. The van der Waals surface area contributed by atoms with Crippen LogP contribution in [0.1, 0.15) is 31.9 Å². The van der Waals surface area contributed by atoms with Crippen LogP contribution in [0.25, 0.3) is 20.7 Å². The van der Waals surface area contributed by atoms with E-state index in [0.717, 1.165) is 33.7 Å². The van der Waals surface area contributed by atoms with E-state index in [1.807, 2.05) is 13.0 Å². The molecule has 0 N–H and O–H groups in total. The number of rotatable bonds is 6. The van der Waals surface area contributed by atoms with Crippen LogP contribution in [0.15, 0.2) is 46.4 Å². The van der Waals surface area contributed by atoms with Crippen molar-refractivity contribution in [2.45, 2.75) is 50.6 Å². The van der Waals surface area contributed by atoms with Crippen molar-refractivity contribution in [2.75, 3.05) is 6.61 Å². The van der Waals surface area contributed by atoms with Crippen molar-refractivity contribution in [3.8, 4) is 10.4 Å². The number of aromatic nitrogens is 2. The fourth-order valence-electron chi connectivity index (χ4n) is 3.76. The second kappa shape index (κ2) is 8.40. The smallest absolute Gasteiger partial charge is 0.319 e. The molecule has 3 aromatic rings. The number of hydrogen-bond acceptors (Lipinski definition) is 6. The first kappa shape index (κ1) is 20.9. The Kier molecular flexibility index (Phi) is 5.84. The lowest BCUT2D eigenvalue weighted by Gasteiger charge is -2.17. The second-order valence-electron chi connectivity index (χ2n) is 7.50. The number of thiophene rings is 1. The molecule has 0 aliphatic heterocycles. The first-order valence-corrected chi connectivity index (χ1v) is 11.7. The molecule has 30 heavy (non-hydrogen) atoms. The number of ether oxygens (including phenoxy) is 1. The topological polar surface area (TPSA) is 61.2 Å². The van der Waals surface area contributed by atoms with Gasteiger partial charge in [-0.2, -0.15) is 0 Å². The van der Waals surface area contributed by atoms with E-state index >= 15 is 0 Å². The minimum Gasteiger partial charge on any atom is -0.465 e. The first-order valence-electron chi connectivity index (χ1n) is 10.0. The fraction of sp³-hybridized carbons (Fsp3) is 0.348. The van der Waals surface area contributed by atoms with Crippen LogP contribution in [0.4, 0.5) is 0 Å². The van der Waals surface area contributed by atoms with E-state index in [0.29, 0.717) is 23.7 Å². The van der Waals surface area contributed by atoms with Gasteiger partial charge >= 0.3 is 5.97 Å². The van der Waals surface area contributed by atoms with Crippen molar-refractivity contribution in [1.82, 2.24) is 9.55 Å². The van der Waals surface area contributed by atoms with Crippen LogP contribution < -0.4 is 5.56 Å². The molecule has 1 atom stereocenters. The predicted octanol–water partition coefficient (Wildman–Crippen LogP) is 4.84. The highest BCUT2D eigenvalue weighted by atomic mass is 32.2. The maximum Gasteiger partial charge on any atom is 0.319 e. The highest BCUT2D eigenvalue weighted by Gasteiger charge is 2.26. The third kappa shape index (κ3) is 3.72. The molecule has 1 aromatic carbocycles. The molecule has 0 unspecified atom stereocenters. The molecule has 7 heteroatoms. The SMILES string of the molecule is C=C(C)Cn1c(S[C@H](C)C(=O)OCC)nc2sc3c(c2c1=O)CCc1ccccc1-3. The number of thioether (sulfide) groups is 1. The summed E-state index contributed by atoms with van der Waals surface area (Å²) in [7, 11) is 0. The van der Waals surface area contributed by atoms with Gasteiger partial charge in [0.25, 0.3) is 5.56 Å². The average molecular weight is 441 g/mol. The number of nitrogens with zero attached hydrogens (tertiary/aromatic N) is 2. The predicted molar refractivity (Wildman–Crippen MR) is 123 cm³/mol. The molecule has 2 aromatic heterocycles. The summed E-state index contributed by atoms with van der Waals surface area (Å²) in [6.07, 6.45) is 1.76. The van der Waals surface area contributed by atoms with Crippen molar-refractivity contribution in [2.24, 2.45) is 0 Å². The van der Waals surface area contributed by atoms with E-state index in [-0.39, 0.29) is 11.5 Å². The van der Waals surface area contributed by atoms with Gasteiger partial charge in [-0.25, -0.2) is 4.98 Å². The number of fused-ring (bicyclic) bond motifs is 5. The van der Waals surface area contributed by atoms with Gasteiger partial charge in [-0.1, -0.05) is 48.2 Å². The zero-order valence-electron chi connectivity index (χ0n) is 17.4. The quantitative estimate of drug-likeness (QED) is 0.237. The van der Waals surface area contributed by atoms with E-state index in [1.54, 1.807) is 29.8 Å². The molecule has 0 spiro atoms. The molecular weight excluding hydrogens is 416 g/mol. The zero-order valence-corrected chi connectivity index (χ0v) is 19.0. The summed E-state index contributed by atoms with van der Waals surface area (Å²) < 4.78 is 6.78. The summed E-state index contributed by atoms with van der Waals surface area (Å²) in [4.78, 5) is 32.4. The number of carbonyl (C=O) groups excluding carboxylic acids is 1. The van der Waals surface area contributed by atoms with Crippen LogP contribution in [0, 0.1) is 0 Å². The summed E-state index contributed by atoms with van der Waals surface area (Å²) in [5, 5.41) is 0.780. The van der Waals surface area contributed by atoms with E-state index in [4.69, 9.17) is 9.72 Å². The van der Waals surface area contributed by atoms with Gasteiger partial charge in [-0.3, -0.25) is 14.2 Å². The van der Waals surface area contributed by atoms with Crippen molar-refractivity contribution >= 4 is 39.3 Å². The molecule has 4 rings (SSSR count). The van der Waals surface area contributed by atoms with Gasteiger partial charge in [0.15, 0.2) is 5.16 Å². The van der Waals surface area contributed by atoms with Crippen LogP contribution in [-0.2, 0) is 28.9 Å². The summed E-state index contributed by atoms with van der Waals surface area (Å²) in [5.74, 6) is -0.307. The lowest BCUT2D eigenvalue weighted by Crippen LogP contribution is -2.26. The molecule has 0 radical (unpaired) electrons. The largest absolute Gasteiger partial charge is 0.465 e. The Labute approximate surface area is 183 Å². The van der Waals surface area contributed by atoms with E-state index in [9.17, 15) is 9.59 Å². The van der Waals surface area contributed by atoms with Gasteiger partial charge in [0, 0.05) is 11.4 Å². The Balaban J connectivity index is 1.88. The first-order chi connectivity index (χ1) is 14.4. The summed E-state index contributed by atoms with van der Waals surface area (Å²) in [6, 6.07) is 8.36. The van der Waals surface area contributed by atoms with Crippen LogP contribution >= 0.6 is 23.1 Å². The molecule has 0 amide bonds. The van der Waals surface area contributed by atoms with E-state index in [1.165, 1.54) is 22.9 Å². The number of benzene rings is 1. The van der Waals surface area contributed by atoms with Gasteiger partial charge in [-0.05, 0) is 50.3 Å². The molecule has 0 saturated heterocycles. The van der Waals surface area contributed by atoms with Crippen molar-refractivity contribution in [3.05, 3.63) is 57.9 Å². The molecule has 156 valence electrons. The monoisotopic (exact) mass is 440 g/mol. The molecule has 1 aliphatic rings. The lowest BCUT2D eigenvalue weighted by atomic mass is 9.90. The van der Waals surface area contributed by atoms with E-state index < -0.39 is 5.25 Å². The Bertz CT molecular complexity index is 1210. The molecule has 5 nitrogen and oxygen atoms in total. The highest BCUT2D eigenvalue weighted by molar-refractivity contribution is 8.00. The molecule has 0 saturated carbocycles.